The van der Waals surface area contributed by atoms with Crippen LogP contribution in [-0.4, -0.2) is 73.5 Å². The number of pyridine rings is 1. The highest BCUT2D eigenvalue weighted by atomic mass is 127. The quantitative estimate of drug-likeness (QED) is 0.390. The van der Waals surface area contributed by atoms with Gasteiger partial charge in [0.15, 0.2) is 5.96 Å². The molecule has 156 valence electrons. The molecule has 4 rings (SSSR count). The van der Waals surface area contributed by atoms with E-state index in [-0.39, 0.29) is 29.9 Å². The Hall–Kier alpha value is -2.10. The molecule has 7 nitrogen and oxygen atoms in total. The molecule has 8 heteroatoms. The van der Waals surface area contributed by atoms with Crippen molar-refractivity contribution in [1.29, 1.82) is 0 Å². The number of carbonyl (C=O) groups excluding carboxylic acids is 1. The smallest absolute Gasteiger partial charge is 0.242 e. The summed E-state index contributed by atoms with van der Waals surface area (Å²) in [4.78, 5) is 27.7. The van der Waals surface area contributed by atoms with Crippen molar-refractivity contribution in [3.8, 4) is 0 Å². The molecule has 2 heterocycles. The van der Waals surface area contributed by atoms with E-state index in [0.29, 0.717) is 19.1 Å². The SMILES string of the molecule is CN=C(NCc1cc(N(C)C)nc2ccccc12)N1CCN(C2CC2)C(=O)C1.I. The molecular weight excluding hydrogens is 479 g/mol. The predicted octanol–water partition coefficient (Wildman–Crippen LogP) is 2.30. The van der Waals surface area contributed by atoms with Crippen molar-refractivity contribution in [3.05, 3.63) is 35.9 Å². The van der Waals surface area contributed by atoms with Gasteiger partial charge < -0.3 is 20.0 Å². The van der Waals surface area contributed by atoms with Crippen LogP contribution in [0.2, 0.25) is 0 Å². The van der Waals surface area contributed by atoms with E-state index in [2.05, 4.69) is 27.3 Å². The van der Waals surface area contributed by atoms with Gasteiger partial charge in [-0.1, -0.05) is 18.2 Å². The summed E-state index contributed by atoms with van der Waals surface area (Å²) in [6.07, 6.45) is 2.31. The van der Waals surface area contributed by atoms with Crippen LogP contribution in [0.4, 0.5) is 5.82 Å². The summed E-state index contributed by atoms with van der Waals surface area (Å²) in [5.41, 5.74) is 2.15. The van der Waals surface area contributed by atoms with Crippen LogP contribution in [0, 0.1) is 0 Å². The number of hydrogen-bond donors (Lipinski definition) is 1. The monoisotopic (exact) mass is 508 g/mol. The zero-order valence-electron chi connectivity index (χ0n) is 17.3. The van der Waals surface area contributed by atoms with Gasteiger partial charge in [-0.05, 0) is 30.5 Å². The number of benzene rings is 1. The Kier molecular flexibility index (Phi) is 6.81. The van der Waals surface area contributed by atoms with Crippen LogP contribution in [0.25, 0.3) is 10.9 Å². The average Bonchev–Trinajstić information content (AvgIpc) is 3.53. The number of hydrogen-bond acceptors (Lipinski definition) is 4. The Bertz CT molecular complexity index is 911. The van der Waals surface area contributed by atoms with Crippen molar-refractivity contribution >= 4 is 52.6 Å². The van der Waals surface area contributed by atoms with Crippen LogP contribution in [0.15, 0.2) is 35.3 Å². The number of aromatic nitrogens is 1. The first-order chi connectivity index (χ1) is 13.6. The summed E-state index contributed by atoms with van der Waals surface area (Å²) in [5, 5.41) is 4.58. The lowest BCUT2D eigenvalue weighted by Crippen LogP contribution is -2.55. The molecule has 1 N–H and O–H groups in total. The van der Waals surface area contributed by atoms with Gasteiger partial charge >= 0.3 is 0 Å². The van der Waals surface area contributed by atoms with Crippen LogP contribution >= 0.6 is 24.0 Å². The minimum Gasteiger partial charge on any atom is -0.363 e. The molecule has 0 atom stereocenters. The molecular formula is C21H29IN6O. The second kappa shape index (κ2) is 9.15. The number of amides is 1. The lowest BCUT2D eigenvalue weighted by atomic mass is 10.1. The third-order valence-corrected chi connectivity index (χ3v) is 5.44. The van der Waals surface area contributed by atoms with Gasteiger partial charge in [-0.2, -0.15) is 0 Å². The van der Waals surface area contributed by atoms with E-state index in [1.165, 1.54) is 5.56 Å². The third-order valence-electron chi connectivity index (χ3n) is 5.44. The average molecular weight is 508 g/mol. The van der Waals surface area contributed by atoms with Crippen LogP contribution < -0.4 is 10.2 Å². The Morgan fingerprint density at radius 1 is 1.28 bits per heavy atom. The highest BCUT2D eigenvalue weighted by molar-refractivity contribution is 14.0. The second-order valence-corrected chi connectivity index (χ2v) is 7.69. The maximum Gasteiger partial charge on any atom is 0.242 e. The molecule has 0 radical (unpaired) electrons. The summed E-state index contributed by atoms with van der Waals surface area (Å²) in [6.45, 7) is 2.64. The summed E-state index contributed by atoms with van der Waals surface area (Å²) in [5.74, 6) is 1.91. The molecule has 29 heavy (non-hydrogen) atoms. The van der Waals surface area contributed by atoms with Crippen LogP contribution in [-0.2, 0) is 11.3 Å². The minimum absolute atomic E-state index is 0. The third kappa shape index (κ3) is 4.73. The molecule has 0 unspecified atom stereocenters. The number of fused-ring (bicyclic) bond motifs is 1. The van der Waals surface area contributed by atoms with E-state index >= 15 is 0 Å². The van der Waals surface area contributed by atoms with Crippen molar-refractivity contribution in [3.63, 3.8) is 0 Å². The Labute approximate surface area is 189 Å². The predicted molar refractivity (Wildman–Crippen MR) is 128 cm³/mol. The van der Waals surface area contributed by atoms with Crippen LogP contribution in [0.3, 0.4) is 0 Å². The Morgan fingerprint density at radius 3 is 2.69 bits per heavy atom. The lowest BCUT2D eigenvalue weighted by molar-refractivity contribution is -0.135. The highest BCUT2D eigenvalue weighted by Crippen LogP contribution is 2.28. The number of piperazine rings is 1. The maximum absolute atomic E-state index is 12.5. The first-order valence-electron chi connectivity index (χ1n) is 9.88. The van der Waals surface area contributed by atoms with Crippen molar-refractivity contribution in [2.45, 2.75) is 25.4 Å². The number of carbonyl (C=O) groups is 1. The lowest BCUT2D eigenvalue weighted by Gasteiger charge is -2.36. The molecule has 1 saturated carbocycles. The fraction of sp³-hybridized carbons (Fsp3) is 0.476. The standard InChI is InChI=1S/C21H28N6O.HI/c1-22-21(26-10-11-27(16-8-9-16)20(28)14-26)23-13-15-12-19(25(2)3)24-18-7-5-4-6-17(15)18;/h4-7,12,16H,8-11,13-14H2,1-3H3,(H,22,23);1H. The first kappa shape index (κ1) is 21.6. The van der Waals surface area contributed by atoms with Gasteiger partial charge in [-0.25, -0.2) is 4.98 Å². The summed E-state index contributed by atoms with van der Waals surface area (Å²) < 4.78 is 0. The van der Waals surface area contributed by atoms with E-state index in [9.17, 15) is 4.79 Å². The molecule has 1 amide bonds. The zero-order valence-corrected chi connectivity index (χ0v) is 19.6. The molecule has 1 aliphatic carbocycles. The number of anilines is 1. The molecule has 1 aromatic heterocycles. The van der Waals surface area contributed by atoms with Gasteiger partial charge in [-0.3, -0.25) is 9.79 Å². The molecule has 0 spiro atoms. The second-order valence-electron chi connectivity index (χ2n) is 7.69. The first-order valence-corrected chi connectivity index (χ1v) is 9.88. The topological polar surface area (TPSA) is 64.1 Å². The van der Waals surface area contributed by atoms with E-state index in [4.69, 9.17) is 4.98 Å². The Balaban J connectivity index is 0.00000240. The van der Waals surface area contributed by atoms with E-state index in [1.54, 1.807) is 7.05 Å². The van der Waals surface area contributed by atoms with Gasteiger partial charge in [0.2, 0.25) is 5.91 Å². The number of guanidine groups is 1. The molecule has 1 aliphatic heterocycles. The maximum atomic E-state index is 12.5. The number of aliphatic imine (C=N–C) groups is 1. The van der Waals surface area contributed by atoms with Gasteiger partial charge in [0.25, 0.3) is 0 Å². The Morgan fingerprint density at radius 2 is 2.03 bits per heavy atom. The summed E-state index contributed by atoms with van der Waals surface area (Å²) in [6, 6.07) is 10.8. The molecule has 2 fully saturated rings. The molecule has 1 saturated heterocycles. The normalized spacial score (nSPS) is 17.3. The number of rotatable bonds is 4. The van der Waals surface area contributed by atoms with Gasteiger partial charge in [0.05, 0.1) is 12.1 Å². The van der Waals surface area contributed by atoms with Crippen molar-refractivity contribution in [2.75, 3.05) is 45.7 Å². The van der Waals surface area contributed by atoms with Gasteiger partial charge in [0.1, 0.15) is 5.82 Å². The number of nitrogens with one attached hydrogen (secondary N) is 1. The number of nitrogens with zero attached hydrogens (tertiary/aromatic N) is 5. The van der Waals surface area contributed by atoms with E-state index < -0.39 is 0 Å². The largest absolute Gasteiger partial charge is 0.363 e. The van der Waals surface area contributed by atoms with Gasteiger partial charge in [0, 0.05) is 52.2 Å². The fourth-order valence-corrected chi connectivity index (χ4v) is 3.75. The molecule has 0 bridgehead atoms. The van der Waals surface area contributed by atoms with E-state index in [0.717, 1.165) is 48.6 Å². The zero-order chi connectivity index (χ0) is 19.7. The van der Waals surface area contributed by atoms with Crippen molar-refractivity contribution in [2.24, 2.45) is 4.99 Å². The van der Waals surface area contributed by atoms with Gasteiger partial charge in [-0.15, -0.1) is 24.0 Å². The fourth-order valence-electron chi connectivity index (χ4n) is 3.75. The molecule has 2 aromatic rings. The summed E-state index contributed by atoms with van der Waals surface area (Å²) >= 11 is 0. The number of para-hydroxylation sites is 1. The molecule has 2 aliphatic rings. The van der Waals surface area contributed by atoms with Crippen LogP contribution in [0.5, 0.6) is 0 Å². The van der Waals surface area contributed by atoms with E-state index in [1.807, 2.05) is 42.1 Å². The van der Waals surface area contributed by atoms with Crippen LogP contribution in [0.1, 0.15) is 18.4 Å². The van der Waals surface area contributed by atoms with Crippen molar-refractivity contribution in [1.82, 2.24) is 20.1 Å². The minimum atomic E-state index is 0. The molecule has 1 aromatic carbocycles. The summed E-state index contributed by atoms with van der Waals surface area (Å²) in [7, 11) is 5.77. The number of halogens is 1. The van der Waals surface area contributed by atoms with Crippen molar-refractivity contribution < 1.29 is 4.79 Å². The highest BCUT2D eigenvalue weighted by Gasteiger charge is 2.36.